The second-order valence-corrected chi connectivity index (χ2v) is 6.06. The van der Waals surface area contributed by atoms with Crippen LogP contribution in [0.15, 0.2) is 47.6 Å². The number of ether oxygens (including phenoxy) is 1. The lowest BCUT2D eigenvalue weighted by molar-refractivity contribution is 0.187. The molecule has 6 nitrogen and oxygen atoms in total. The third kappa shape index (κ3) is 8.32. The number of nitrogens with one attached hydrogen (secondary N) is 2. The number of rotatable bonds is 8. The summed E-state index contributed by atoms with van der Waals surface area (Å²) in [7, 11) is 1.62. The predicted octanol–water partition coefficient (Wildman–Crippen LogP) is 3.19. The first kappa shape index (κ1) is 23.5. The van der Waals surface area contributed by atoms with Gasteiger partial charge in [0.25, 0.3) is 0 Å². The molecule has 3 N–H and O–H groups in total. The Morgan fingerprint density at radius 3 is 2.56 bits per heavy atom. The number of aliphatic hydroxyl groups excluding tert-OH is 1. The normalized spacial score (nSPS) is 12.1. The van der Waals surface area contributed by atoms with Gasteiger partial charge in [-0.3, -0.25) is 4.99 Å². The van der Waals surface area contributed by atoms with Crippen molar-refractivity contribution in [3.8, 4) is 5.75 Å². The van der Waals surface area contributed by atoms with Gasteiger partial charge in [0.05, 0.1) is 19.8 Å². The van der Waals surface area contributed by atoms with E-state index in [0.29, 0.717) is 17.7 Å². The zero-order valence-corrected chi connectivity index (χ0v) is 18.6. The maximum absolute atomic E-state index is 10.3. The molecule has 1 atom stereocenters. The minimum Gasteiger partial charge on any atom is -0.497 e. The number of aliphatic imine (C=N–C) groups is 1. The van der Waals surface area contributed by atoms with Crippen LogP contribution in [0.3, 0.4) is 0 Å². The zero-order valence-electron chi connectivity index (χ0n) is 15.5. The molecule has 1 aromatic carbocycles. The van der Waals surface area contributed by atoms with Gasteiger partial charge < -0.3 is 20.5 Å². The second kappa shape index (κ2) is 12.7. The van der Waals surface area contributed by atoms with Crippen molar-refractivity contribution in [2.75, 3.05) is 26.7 Å². The molecule has 2 aromatic rings. The van der Waals surface area contributed by atoms with Crippen LogP contribution in [-0.2, 0) is 6.42 Å². The van der Waals surface area contributed by atoms with Gasteiger partial charge in [-0.2, -0.15) is 0 Å². The molecular formula is C19H26ClIN4O2. The van der Waals surface area contributed by atoms with Gasteiger partial charge in [0.15, 0.2) is 5.96 Å². The van der Waals surface area contributed by atoms with Crippen LogP contribution in [0.2, 0.25) is 5.15 Å². The van der Waals surface area contributed by atoms with Crippen LogP contribution in [-0.4, -0.2) is 42.8 Å². The Kier molecular flexibility index (Phi) is 11.1. The Morgan fingerprint density at radius 1 is 1.22 bits per heavy atom. The molecule has 0 aliphatic carbocycles. The number of nitrogens with zero attached hydrogens (tertiary/aromatic N) is 2. The van der Waals surface area contributed by atoms with Crippen LogP contribution in [0.5, 0.6) is 5.75 Å². The van der Waals surface area contributed by atoms with Gasteiger partial charge in [0.1, 0.15) is 10.9 Å². The number of aliphatic hydroxyl groups is 1. The minimum atomic E-state index is -0.670. The fourth-order valence-corrected chi connectivity index (χ4v) is 2.44. The van der Waals surface area contributed by atoms with Gasteiger partial charge in [0.2, 0.25) is 0 Å². The van der Waals surface area contributed by atoms with E-state index in [-0.39, 0.29) is 30.5 Å². The number of methoxy groups -OCH3 is 1. The molecule has 0 spiro atoms. The molecule has 0 radical (unpaired) electrons. The SMILES string of the molecule is CCNC(=NCC(O)c1ccc(OC)cc1)NCCc1ccc(Cl)nc1.I. The van der Waals surface area contributed by atoms with Crippen molar-refractivity contribution in [1.29, 1.82) is 0 Å². The van der Waals surface area contributed by atoms with E-state index in [1.165, 1.54) is 0 Å². The predicted molar refractivity (Wildman–Crippen MR) is 120 cm³/mol. The summed E-state index contributed by atoms with van der Waals surface area (Å²) < 4.78 is 5.13. The minimum absolute atomic E-state index is 0. The molecule has 27 heavy (non-hydrogen) atoms. The monoisotopic (exact) mass is 504 g/mol. The van der Waals surface area contributed by atoms with E-state index < -0.39 is 6.10 Å². The summed E-state index contributed by atoms with van der Waals surface area (Å²) in [6, 6.07) is 11.1. The van der Waals surface area contributed by atoms with Crippen molar-refractivity contribution in [3.63, 3.8) is 0 Å². The number of hydrogen-bond donors (Lipinski definition) is 3. The molecule has 0 aliphatic rings. The quantitative estimate of drug-likeness (QED) is 0.223. The van der Waals surface area contributed by atoms with Crippen molar-refractivity contribution in [3.05, 3.63) is 58.9 Å². The summed E-state index contributed by atoms with van der Waals surface area (Å²) in [5.74, 6) is 1.43. The lowest BCUT2D eigenvalue weighted by atomic mass is 10.1. The lowest BCUT2D eigenvalue weighted by Crippen LogP contribution is -2.38. The van der Waals surface area contributed by atoms with Crippen LogP contribution in [0.4, 0.5) is 0 Å². The molecule has 0 aliphatic heterocycles. The number of halogens is 2. The number of benzene rings is 1. The van der Waals surface area contributed by atoms with Gasteiger partial charge in [-0.25, -0.2) is 4.98 Å². The third-order valence-corrected chi connectivity index (χ3v) is 3.99. The molecular weight excluding hydrogens is 479 g/mol. The Bertz CT molecular complexity index is 696. The van der Waals surface area contributed by atoms with Gasteiger partial charge >= 0.3 is 0 Å². The Morgan fingerprint density at radius 2 is 1.96 bits per heavy atom. The topological polar surface area (TPSA) is 78.8 Å². The summed E-state index contributed by atoms with van der Waals surface area (Å²) in [4.78, 5) is 8.52. The average molecular weight is 505 g/mol. The number of guanidine groups is 1. The highest BCUT2D eigenvalue weighted by Gasteiger charge is 2.08. The van der Waals surface area contributed by atoms with Crippen molar-refractivity contribution in [2.45, 2.75) is 19.4 Å². The highest BCUT2D eigenvalue weighted by atomic mass is 127. The summed E-state index contributed by atoms with van der Waals surface area (Å²) in [6.45, 7) is 3.71. The molecule has 0 saturated carbocycles. The fourth-order valence-electron chi connectivity index (χ4n) is 2.33. The number of aromatic nitrogens is 1. The first-order valence-electron chi connectivity index (χ1n) is 8.57. The molecule has 0 fully saturated rings. The molecule has 2 rings (SSSR count). The fraction of sp³-hybridized carbons (Fsp3) is 0.368. The smallest absolute Gasteiger partial charge is 0.191 e. The summed E-state index contributed by atoms with van der Waals surface area (Å²) in [5, 5.41) is 17.2. The van der Waals surface area contributed by atoms with Crippen molar-refractivity contribution >= 4 is 41.5 Å². The second-order valence-electron chi connectivity index (χ2n) is 5.67. The highest BCUT2D eigenvalue weighted by molar-refractivity contribution is 14.0. The van der Waals surface area contributed by atoms with Crippen molar-refractivity contribution in [2.24, 2.45) is 4.99 Å². The lowest BCUT2D eigenvalue weighted by Gasteiger charge is -2.13. The van der Waals surface area contributed by atoms with E-state index in [0.717, 1.165) is 29.8 Å². The van der Waals surface area contributed by atoms with E-state index in [4.69, 9.17) is 16.3 Å². The molecule has 0 saturated heterocycles. The molecule has 1 heterocycles. The molecule has 1 unspecified atom stereocenters. The van der Waals surface area contributed by atoms with Crippen LogP contribution >= 0.6 is 35.6 Å². The van der Waals surface area contributed by atoms with Crippen molar-refractivity contribution in [1.82, 2.24) is 15.6 Å². The Balaban J connectivity index is 0.00000364. The van der Waals surface area contributed by atoms with Gasteiger partial charge in [-0.05, 0) is 42.7 Å². The average Bonchev–Trinajstić information content (AvgIpc) is 2.67. The Labute approximate surface area is 182 Å². The summed E-state index contributed by atoms with van der Waals surface area (Å²) in [5.41, 5.74) is 1.90. The largest absolute Gasteiger partial charge is 0.497 e. The summed E-state index contributed by atoms with van der Waals surface area (Å²) >= 11 is 5.79. The molecule has 0 amide bonds. The third-order valence-electron chi connectivity index (χ3n) is 3.76. The maximum atomic E-state index is 10.3. The molecule has 148 valence electrons. The number of hydrogen-bond acceptors (Lipinski definition) is 4. The molecule has 0 bridgehead atoms. The molecule has 8 heteroatoms. The van der Waals surface area contributed by atoms with Crippen molar-refractivity contribution < 1.29 is 9.84 Å². The number of pyridine rings is 1. The van der Waals surface area contributed by atoms with E-state index in [1.54, 1.807) is 19.4 Å². The van der Waals surface area contributed by atoms with E-state index >= 15 is 0 Å². The van der Waals surface area contributed by atoms with Gasteiger partial charge in [-0.15, -0.1) is 24.0 Å². The zero-order chi connectivity index (χ0) is 18.8. The maximum Gasteiger partial charge on any atom is 0.191 e. The first-order chi connectivity index (χ1) is 12.6. The molecule has 1 aromatic heterocycles. The van der Waals surface area contributed by atoms with Crippen LogP contribution in [0.1, 0.15) is 24.2 Å². The van der Waals surface area contributed by atoms with Crippen LogP contribution < -0.4 is 15.4 Å². The van der Waals surface area contributed by atoms with Crippen LogP contribution in [0, 0.1) is 0 Å². The highest BCUT2D eigenvalue weighted by Crippen LogP contribution is 2.17. The Hall–Kier alpha value is -1.58. The van der Waals surface area contributed by atoms with E-state index in [1.807, 2.05) is 37.3 Å². The summed E-state index contributed by atoms with van der Waals surface area (Å²) in [6.07, 6.45) is 1.90. The van der Waals surface area contributed by atoms with Gasteiger partial charge in [0, 0.05) is 19.3 Å². The van der Waals surface area contributed by atoms with Crippen LogP contribution in [0.25, 0.3) is 0 Å². The van der Waals surface area contributed by atoms with E-state index in [9.17, 15) is 5.11 Å². The van der Waals surface area contributed by atoms with Gasteiger partial charge in [-0.1, -0.05) is 29.8 Å². The standard InChI is InChI=1S/C19H25ClN4O2.HI/c1-3-21-19(22-11-10-14-4-9-18(20)23-12-14)24-13-17(25)15-5-7-16(26-2)8-6-15;/h4-9,12,17,25H,3,10-11,13H2,1-2H3,(H2,21,22,24);1H. The van der Waals surface area contributed by atoms with E-state index in [2.05, 4.69) is 20.6 Å². The first-order valence-corrected chi connectivity index (χ1v) is 8.94.